The number of hydrogen-bond donors (Lipinski definition) is 1. The number of carboxylic acids is 1. The van der Waals surface area contributed by atoms with Crippen LogP contribution in [-0.2, 0) is 19.2 Å². The van der Waals surface area contributed by atoms with Gasteiger partial charge in [-0.2, -0.15) is 0 Å². The number of allylic oxidation sites excluding steroid dienone is 2. The minimum atomic E-state index is -0.941. The fourth-order valence-electron chi connectivity index (χ4n) is 7.91. The Labute approximate surface area is 191 Å². The predicted octanol–water partition coefficient (Wildman–Crippen LogP) is 5.02. The zero-order valence-corrected chi connectivity index (χ0v) is 20.4. The number of rotatable bonds is 4. The molecule has 0 aromatic heterocycles. The topological polar surface area (TPSA) is 88.5 Å². The van der Waals surface area contributed by atoms with Crippen molar-refractivity contribution < 1.29 is 24.3 Å². The molecule has 0 aromatic rings. The Balaban J connectivity index is 1.78. The molecule has 0 aliphatic heterocycles. The van der Waals surface area contributed by atoms with Crippen LogP contribution >= 0.6 is 0 Å². The zero-order valence-electron chi connectivity index (χ0n) is 20.4. The Morgan fingerprint density at radius 2 is 1.72 bits per heavy atom. The lowest BCUT2D eigenvalue weighted by Gasteiger charge is -2.52. The van der Waals surface area contributed by atoms with E-state index in [-0.39, 0.29) is 52.9 Å². The molecule has 1 N–H and O–H groups in total. The number of carbonyl (C=O) groups excluding carboxylic acids is 3. The van der Waals surface area contributed by atoms with Gasteiger partial charge in [0.25, 0.3) is 0 Å². The van der Waals surface area contributed by atoms with Gasteiger partial charge >= 0.3 is 5.97 Å². The first-order chi connectivity index (χ1) is 14.8. The van der Waals surface area contributed by atoms with Gasteiger partial charge in [-0.3, -0.25) is 19.2 Å². The molecule has 5 nitrogen and oxygen atoms in total. The summed E-state index contributed by atoms with van der Waals surface area (Å²) in [6, 6.07) is 0. The molecule has 2 fully saturated rings. The largest absolute Gasteiger partial charge is 0.481 e. The fourth-order valence-corrected chi connectivity index (χ4v) is 7.91. The summed E-state index contributed by atoms with van der Waals surface area (Å²) in [6.07, 6.45) is 5.10. The molecule has 0 spiro atoms. The average Bonchev–Trinajstić information content (AvgIpc) is 2.96. The highest BCUT2D eigenvalue weighted by atomic mass is 16.4. The van der Waals surface area contributed by atoms with Crippen LogP contribution in [0.4, 0.5) is 0 Å². The lowest BCUT2D eigenvalue weighted by molar-refractivity contribution is -0.152. The lowest BCUT2D eigenvalue weighted by Crippen LogP contribution is -2.51. The maximum absolute atomic E-state index is 13.7. The molecule has 0 radical (unpaired) electrons. The Kier molecular flexibility index (Phi) is 5.38. The van der Waals surface area contributed by atoms with Crippen molar-refractivity contribution in [3.8, 4) is 0 Å². The van der Waals surface area contributed by atoms with Gasteiger partial charge < -0.3 is 5.11 Å². The first-order valence-corrected chi connectivity index (χ1v) is 12.3. The molecule has 5 heteroatoms. The van der Waals surface area contributed by atoms with Crippen molar-refractivity contribution in [1.82, 2.24) is 0 Å². The van der Waals surface area contributed by atoms with Gasteiger partial charge in [0.15, 0.2) is 11.6 Å². The molecule has 4 rings (SSSR count). The highest BCUT2D eigenvalue weighted by molar-refractivity contribution is 6.14. The third-order valence-electron chi connectivity index (χ3n) is 10.4. The minimum Gasteiger partial charge on any atom is -0.481 e. The van der Waals surface area contributed by atoms with Gasteiger partial charge in [0.2, 0.25) is 0 Å². The maximum Gasteiger partial charge on any atom is 0.309 e. The second-order valence-electron chi connectivity index (χ2n) is 12.3. The zero-order chi connectivity index (χ0) is 23.8. The fraction of sp³-hybridized carbons (Fsp3) is 0.778. The van der Waals surface area contributed by atoms with E-state index in [0.29, 0.717) is 24.0 Å². The van der Waals surface area contributed by atoms with Crippen LogP contribution in [0.5, 0.6) is 0 Å². The number of carbonyl (C=O) groups is 4. The number of ketones is 3. The third-order valence-corrected chi connectivity index (χ3v) is 10.4. The van der Waals surface area contributed by atoms with E-state index >= 15 is 0 Å². The maximum atomic E-state index is 13.7. The molecule has 176 valence electrons. The summed E-state index contributed by atoms with van der Waals surface area (Å²) in [4.78, 5) is 52.5. The summed E-state index contributed by atoms with van der Waals surface area (Å²) in [5.74, 6) is -1.40. The number of hydrogen-bond acceptors (Lipinski definition) is 4. The molecule has 0 saturated heterocycles. The van der Waals surface area contributed by atoms with Crippen LogP contribution < -0.4 is 0 Å². The van der Waals surface area contributed by atoms with Crippen LogP contribution in [0.15, 0.2) is 11.1 Å². The van der Waals surface area contributed by atoms with Crippen LogP contribution in [0, 0.1) is 45.8 Å². The van der Waals surface area contributed by atoms with E-state index in [1.807, 2.05) is 20.8 Å². The van der Waals surface area contributed by atoms with E-state index in [0.717, 1.165) is 25.7 Å². The lowest BCUT2D eigenvalue weighted by atomic mass is 9.49. The molecule has 7 atom stereocenters. The van der Waals surface area contributed by atoms with Gasteiger partial charge in [0.05, 0.1) is 11.3 Å². The first kappa shape index (κ1) is 23.4. The van der Waals surface area contributed by atoms with E-state index in [9.17, 15) is 24.3 Å². The summed E-state index contributed by atoms with van der Waals surface area (Å²) in [5, 5.41) is 9.75. The molecule has 2 unspecified atom stereocenters. The highest BCUT2D eigenvalue weighted by Crippen LogP contribution is 2.64. The molecule has 32 heavy (non-hydrogen) atoms. The van der Waals surface area contributed by atoms with Crippen molar-refractivity contribution in [2.24, 2.45) is 45.8 Å². The van der Waals surface area contributed by atoms with Crippen LogP contribution in [-0.4, -0.2) is 28.4 Å². The minimum absolute atomic E-state index is 0.00853. The van der Waals surface area contributed by atoms with Crippen molar-refractivity contribution in [2.45, 2.75) is 86.5 Å². The third kappa shape index (κ3) is 3.02. The summed E-state index contributed by atoms with van der Waals surface area (Å²) < 4.78 is 0. The SMILES string of the molecule is CC([C@@H](C)[C@H]1CC(=O)[C@H]2C3=C(C(=O)C[C@@]21C)[C@@]1(C)CCCCC1CC3=O)C(C)(C)C(=O)O. The van der Waals surface area contributed by atoms with Gasteiger partial charge in [0, 0.05) is 30.4 Å². The molecule has 2 saturated carbocycles. The van der Waals surface area contributed by atoms with Crippen molar-refractivity contribution in [2.75, 3.05) is 0 Å². The van der Waals surface area contributed by atoms with Gasteiger partial charge in [-0.15, -0.1) is 0 Å². The van der Waals surface area contributed by atoms with E-state index in [2.05, 4.69) is 6.92 Å². The standard InChI is InChI=1S/C27H38O5/c1-14(15(2)25(3,4)24(31)32)17-12-19(29)22-21-18(28)11-16-9-7-8-10-26(16,5)23(21)20(30)13-27(17,22)6/h14-17,22H,7-13H2,1-6H3,(H,31,32)/t14-,15?,16?,17-,22+,26+,27-/m1/s1. The molecule has 0 heterocycles. The molecule has 0 bridgehead atoms. The number of aliphatic carboxylic acids is 1. The quantitative estimate of drug-likeness (QED) is 0.660. The predicted molar refractivity (Wildman–Crippen MR) is 121 cm³/mol. The van der Waals surface area contributed by atoms with Crippen LogP contribution in [0.2, 0.25) is 0 Å². The Bertz CT molecular complexity index is 926. The van der Waals surface area contributed by atoms with Crippen LogP contribution in [0.1, 0.15) is 86.5 Å². The number of Topliss-reactive ketones (excluding diaryl/α,β-unsaturated/α-hetero) is 3. The molecule has 4 aliphatic rings. The van der Waals surface area contributed by atoms with E-state index in [4.69, 9.17) is 0 Å². The van der Waals surface area contributed by atoms with Crippen LogP contribution in [0.3, 0.4) is 0 Å². The van der Waals surface area contributed by atoms with E-state index in [1.54, 1.807) is 13.8 Å². The average molecular weight is 443 g/mol. The number of fused-ring (bicyclic) bond motifs is 4. The Hall–Kier alpha value is -1.78. The molecule has 0 aromatic carbocycles. The summed E-state index contributed by atoms with van der Waals surface area (Å²) in [5.41, 5.74) is -0.634. The number of carboxylic acid groups (broad SMARTS) is 1. The Morgan fingerprint density at radius 3 is 2.34 bits per heavy atom. The summed E-state index contributed by atoms with van der Waals surface area (Å²) in [7, 11) is 0. The summed E-state index contributed by atoms with van der Waals surface area (Å²) >= 11 is 0. The molecule has 0 amide bonds. The smallest absolute Gasteiger partial charge is 0.309 e. The van der Waals surface area contributed by atoms with Crippen LogP contribution in [0.25, 0.3) is 0 Å². The molecular weight excluding hydrogens is 404 g/mol. The normalized spacial score (nSPS) is 39.3. The summed E-state index contributed by atoms with van der Waals surface area (Å²) in [6.45, 7) is 11.6. The first-order valence-electron chi connectivity index (χ1n) is 12.3. The monoisotopic (exact) mass is 442 g/mol. The van der Waals surface area contributed by atoms with Crippen molar-refractivity contribution in [3.63, 3.8) is 0 Å². The van der Waals surface area contributed by atoms with Crippen molar-refractivity contribution in [1.29, 1.82) is 0 Å². The van der Waals surface area contributed by atoms with Crippen molar-refractivity contribution >= 4 is 23.3 Å². The molecular formula is C27H38O5. The Morgan fingerprint density at radius 1 is 1.06 bits per heavy atom. The van der Waals surface area contributed by atoms with Gasteiger partial charge in [-0.05, 0) is 61.2 Å². The molecule has 4 aliphatic carbocycles. The van der Waals surface area contributed by atoms with Gasteiger partial charge in [-0.25, -0.2) is 0 Å². The van der Waals surface area contributed by atoms with E-state index in [1.165, 1.54) is 0 Å². The van der Waals surface area contributed by atoms with Gasteiger partial charge in [-0.1, -0.05) is 40.5 Å². The second kappa shape index (κ2) is 7.36. The van der Waals surface area contributed by atoms with Crippen molar-refractivity contribution in [3.05, 3.63) is 11.1 Å². The van der Waals surface area contributed by atoms with Gasteiger partial charge in [0.1, 0.15) is 5.78 Å². The van der Waals surface area contributed by atoms with E-state index < -0.39 is 22.7 Å². The highest BCUT2D eigenvalue weighted by Gasteiger charge is 2.63. The second-order valence-corrected chi connectivity index (χ2v) is 12.3.